The summed E-state index contributed by atoms with van der Waals surface area (Å²) in [5.41, 5.74) is -0.376. The maximum absolute atomic E-state index is 13.1. The number of carbonyl (C=O) groups is 1. The van der Waals surface area contributed by atoms with Gasteiger partial charge in [-0.1, -0.05) is 6.92 Å². The van der Waals surface area contributed by atoms with E-state index in [-0.39, 0.29) is 17.6 Å². The highest BCUT2D eigenvalue weighted by Crippen LogP contribution is 2.41. The molecule has 2 heterocycles. The standard InChI is InChI=1S/C18H18F3NO2S/c1-12-8-9-22(17(23)7-5-14-3-2-10-24-14)15-11-13(18(19,20)21)4-6-16(15)25-12/h2-4,6,10-12H,5,7-9H2,1H3. The lowest BCUT2D eigenvalue weighted by atomic mass is 10.1. The molecule has 134 valence electrons. The molecule has 0 saturated carbocycles. The fourth-order valence-electron chi connectivity index (χ4n) is 2.79. The number of rotatable bonds is 3. The van der Waals surface area contributed by atoms with Gasteiger partial charge in [0, 0.05) is 29.5 Å². The van der Waals surface area contributed by atoms with Gasteiger partial charge in [-0.05, 0) is 36.8 Å². The van der Waals surface area contributed by atoms with E-state index in [2.05, 4.69) is 0 Å². The average Bonchev–Trinajstić information content (AvgIpc) is 3.00. The van der Waals surface area contributed by atoms with Crippen molar-refractivity contribution in [1.82, 2.24) is 0 Å². The van der Waals surface area contributed by atoms with Crippen LogP contribution in [0.2, 0.25) is 0 Å². The molecule has 25 heavy (non-hydrogen) atoms. The molecule has 0 N–H and O–H groups in total. The van der Waals surface area contributed by atoms with Crippen molar-refractivity contribution < 1.29 is 22.4 Å². The number of hydrogen-bond acceptors (Lipinski definition) is 3. The summed E-state index contributed by atoms with van der Waals surface area (Å²) in [4.78, 5) is 14.9. The summed E-state index contributed by atoms with van der Waals surface area (Å²) in [6.45, 7) is 2.43. The average molecular weight is 369 g/mol. The maximum atomic E-state index is 13.1. The Morgan fingerprint density at radius 1 is 1.36 bits per heavy atom. The lowest BCUT2D eigenvalue weighted by Gasteiger charge is -2.23. The summed E-state index contributed by atoms with van der Waals surface area (Å²) in [6.07, 6.45) is -1.54. The van der Waals surface area contributed by atoms with Gasteiger partial charge in [0.25, 0.3) is 0 Å². The number of carbonyl (C=O) groups excluding carboxylic acids is 1. The number of aryl methyl sites for hydroxylation is 1. The summed E-state index contributed by atoms with van der Waals surface area (Å²) in [5, 5.41) is 0.235. The zero-order valence-corrected chi connectivity index (χ0v) is 14.5. The predicted octanol–water partition coefficient (Wildman–Crippen LogP) is 5.15. The summed E-state index contributed by atoms with van der Waals surface area (Å²) in [5.74, 6) is 0.502. The van der Waals surface area contributed by atoms with Crippen molar-refractivity contribution in [2.45, 2.75) is 42.5 Å². The van der Waals surface area contributed by atoms with Gasteiger partial charge in [0.15, 0.2) is 0 Å². The molecule has 7 heteroatoms. The molecule has 1 unspecified atom stereocenters. The van der Waals surface area contributed by atoms with Gasteiger partial charge in [0.05, 0.1) is 17.5 Å². The van der Waals surface area contributed by atoms with Crippen LogP contribution in [-0.2, 0) is 17.4 Å². The normalized spacial score (nSPS) is 17.9. The first-order valence-corrected chi connectivity index (χ1v) is 8.93. The van der Waals surface area contributed by atoms with Crippen LogP contribution >= 0.6 is 11.8 Å². The number of thioether (sulfide) groups is 1. The molecule has 0 fully saturated rings. The van der Waals surface area contributed by atoms with Crippen LogP contribution in [0, 0.1) is 0 Å². The molecule has 0 radical (unpaired) electrons. The topological polar surface area (TPSA) is 33.5 Å². The van der Waals surface area contributed by atoms with Gasteiger partial charge in [-0.3, -0.25) is 4.79 Å². The highest BCUT2D eigenvalue weighted by Gasteiger charge is 2.33. The van der Waals surface area contributed by atoms with Crippen LogP contribution in [0.5, 0.6) is 0 Å². The Bertz CT molecular complexity index is 743. The third kappa shape index (κ3) is 4.21. The SMILES string of the molecule is CC1CCN(C(=O)CCc2ccco2)c2cc(C(F)(F)F)ccc2S1. The van der Waals surface area contributed by atoms with Gasteiger partial charge in [0.2, 0.25) is 5.91 Å². The van der Waals surface area contributed by atoms with Crippen LogP contribution in [0.4, 0.5) is 18.9 Å². The molecule has 1 aliphatic heterocycles. The van der Waals surface area contributed by atoms with Crippen LogP contribution in [0.1, 0.15) is 31.1 Å². The minimum atomic E-state index is -4.43. The van der Waals surface area contributed by atoms with Gasteiger partial charge in [0.1, 0.15) is 5.76 Å². The molecule has 1 atom stereocenters. The minimum Gasteiger partial charge on any atom is -0.469 e. The summed E-state index contributed by atoms with van der Waals surface area (Å²) in [6, 6.07) is 7.16. The molecule has 3 rings (SSSR count). The van der Waals surface area contributed by atoms with Crippen molar-refractivity contribution in [3.8, 4) is 0 Å². The molecule has 1 amide bonds. The largest absolute Gasteiger partial charge is 0.469 e. The molecule has 0 spiro atoms. The Hall–Kier alpha value is -1.89. The number of nitrogens with zero attached hydrogens (tertiary/aromatic N) is 1. The number of furan rings is 1. The van der Waals surface area contributed by atoms with E-state index in [1.807, 2.05) is 6.92 Å². The van der Waals surface area contributed by atoms with Gasteiger partial charge >= 0.3 is 6.18 Å². The molecule has 1 aliphatic rings. The first kappa shape index (κ1) is 17.9. The van der Waals surface area contributed by atoms with E-state index >= 15 is 0 Å². The van der Waals surface area contributed by atoms with Crippen LogP contribution in [0.3, 0.4) is 0 Å². The van der Waals surface area contributed by atoms with E-state index < -0.39 is 11.7 Å². The van der Waals surface area contributed by atoms with Crippen LogP contribution in [-0.4, -0.2) is 17.7 Å². The van der Waals surface area contributed by atoms with Crippen molar-refractivity contribution in [1.29, 1.82) is 0 Å². The van der Waals surface area contributed by atoms with Gasteiger partial charge in [-0.2, -0.15) is 13.2 Å². The lowest BCUT2D eigenvalue weighted by molar-refractivity contribution is -0.137. The zero-order valence-electron chi connectivity index (χ0n) is 13.7. The number of halogens is 3. The number of amides is 1. The third-order valence-corrected chi connectivity index (χ3v) is 5.37. The number of benzene rings is 1. The Balaban J connectivity index is 1.87. The Morgan fingerprint density at radius 3 is 2.84 bits per heavy atom. The minimum absolute atomic E-state index is 0.188. The molecular weight excluding hydrogens is 351 g/mol. The fourth-order valence-corrected chi connectivity index (χ4v) is 3.88. The number of fused-ring (bicyclic) bond motifs is 1. The van der Waals surface area contributed by atoms with Crippen molar-refractivity contribution >= 4 is 23.4 Å². The monoisotopic (exact) mass is 369 g/mol. The fraction of sp³-hybridized carbons (Fsp3) is 0.389. The molecule has 1 aromatic carbocycles. The van der Waals surface area contributed by atoms with Gasteiger partial charge in [-0.25, -0.2) is 0 Å². The van der Waals surface area contributed by atoms with E-state index in [1.165, 1.54) is 29.0 Å². The smallest absolute Gasteiger partial charge is 0.416 e. The van der Waals surface area contributed by atoms with Crippen molar-refractivity contribution in [3.05, 3.63) is 47.9 Å². The zero-order chi connectivity index (χ0) is 18.0. The molecule has 3 nitrogen and oxygen atoms in total. The third-order valence-electron chi connectivity index (χ3n) is 4.13. The van der Waals surface area contributed by atoms with Crippen LogP contribution < -0.4 is 4.90 Å². The van der Waals surface area contributed by atoms with E-state index in [9.17, 15) is 18.0 Å². The van der Waals surface area contributed by atoms with E-state index in [0.717, 1.165) is 18.6 Å². The van der Waals surface area contributed by atoms with Crippen LogP contribution in [0.25, 0.3) is 0 Å². The highest BCUT2D eigenvalue weighted by atomic mass is 32.2. The number of alkyl halides is 3. The van der Waals surface area contributed by atoms with E-state index in [4.69, 9.17) is 4.42 Å². The lowest BCUT2D eigenvalue weighted by Crippen LogP contribution is -2.32. The molecule has 0 aliphatic carbocycles. The van der Waals surface area contributed by atoms with Crippen LogP contribution in [0.15, 0.2) is 45.9 Å². The predicted molar refractivity (Wildman–Crippen MR) is 90.8 cm³/mol. The number of anilines is 1. The molecule has 1 aromatic heterocycles. The second-order valence-electron chi connectivity index (χ2n) is 6.02. The summed E-state index contributed by atoms with van der Waals surface area (Å²) < 4.78 is 44.4. The summed E-state index contributed by atoms with van der Waals surface area (Å²) in [7, 11) is 0. The quantitative estimate of drug-likeness (QED) is 0.750. The highest BCUT2D eigenvalue weighted by molar-refractivity contribution is 8.00. The van der Waals surface area contributed by atoms with Gasteiger partial charge in [-0.15, -0.1) is 11.8 Å². The van der Waals surface area contributed by atoms with E-state index in [1.54, 1.807) is 12.1 Å². The first-order chi connectivity index (χ1) is 11.8. The second kappa shape index (κ2) is 7.15. The van der Waals surface area contributed by atoms with Crippen molar-refractivity contribution in [2.75, 3.05) is 11.4 Å². The van der Waals surface area contributed by atoms with Crippen molar-refractivity contribution in [3.63, 3.8) is 0 Å². The van der Waals surface area contributed by atoms with E-state index in [0.29, 0.717) is 29.3 Å². The first-order valence-electron chi connectivity index (χ1n) is 8.05. The molecule has 0 bridgehead atoms. The Labute approximate surface area is 148 Å². The van der Waals surface area contributed by atoms with Crippen molar-refractivity contribution in [2.24, 2.45) is 0 Å². The second-order valence-corrected chi connectivity index (χ2v) is 7.50. The Kier molecular flexibility index (Phi) is 5.13. The molecule has 0 saturated heterocycles. The van der Waals surface area contributed by atoms with Gasteiger partial charge < -0.3 is 9.32 Å². The molecular formula is C18H18F3NO2S. The molecule has 2 aromatic rings. The maximum Gasteiger partial charge on any atom is 0.416 e. The Morgan fingerprint density at radius 2 is 2.16 bits per heavy atom. The summed E-state index contributed by atoms with van der Waals surface area (Å²) >= 11 is 1.51. The number of hydrogen-bond donors (Lipinski definition) is 0.